The van der Waals surface area contributed by atoms with Gasteiger partial charge >= 0.3 is 0 Å². The Morgan fingerprint density at radius 1 is 1.04 bits per heavy atom. The van der Waals surface area contributed by atoms with Crippen LogP contribution >= 0.6 is 0 Å². The maximum absolute atomic E-state index is 12.3. The molecule has 132 valence electrons. The lowest BCUT2D eigenvalue weighted by Crippen LogP contribution is -2.50. The van der Waals surface area contributed by atoms with Crippen LogP contribution in [0.15, 0.2) is 0 Å². The molecule has 23 heavy (non-hydrogen) atoms. The van der Waals surface area contributed by atoms with Crippen LogP contribution in [0.3, 0.4) is 0 Å². The van der Waals surface area contributed by atoms with E-state index in [1.165, 1.54) is 17.5 Å². The van der Waals surface area contributed by atoms with Crippen LogP contribution in [-0.2, 0) is 19.6 Å². The van der Waals surface area contributed by atoms with E-state index in [4.69, 9.17) is 0 Å². The van der Waals surface area contributed by atoms with Gasteiger partial charge < -0.3 is 9.80 Å². The molecule has 0 spiro atoms. The van der Waals surface area contributed by atoms with E-state index < -0.39 is 10.0 Å². The Hall–Kier alpha value is -1.15. The summed E-state index contributed by atoms with van der Waals surface area (Å²) in [6, 6.07) is 0.0485. The highest BCUT2D eigenvalue weighted by Crippen LogP contribution is 2.25. The third kappa shape index (κ3) is 4.91. The van der Waals surface area contributed by atoms with E-state index in [1.54, 1.807) is 9.80 Å². The molecule has 0 bridgehead atoms. The Bertz CT molecular complexity index is 535. The Morgan fingerprint density at radius 3 is 2.04 bits per heavy atom. The summed E-state index contributed by atoms with van der Waals surface area (Å²) in [4.78, 5) is 27.1. The molecular formula is C15H27N3O4S. The maximum Gasteiger partial charge on any atom is 0.224 e. The predicted octanol–water partition coefficient (Wildman–Crippen LogP) is 0.271. The summed E-state index contributed by atoms with van der Waals surface area (Å²) >= 11 is 0. The van der Waals surface area contributed by atoms with Crippen molar-refractivity contribution in [3.63, 3.8) is 0 Å². The number of hydrogen-bond donors (Lipinski definition) is 0. The van der Waals surface area contributed by atoms with Crippen molar-refractivity contribution in [2.75, 3.05) is 39.0 Å². The van der Waals surface area contributed by atoms with Crippen molar-refractivity contribution in [3.05, 3.63) is 0 Å². The molecule has 2 amide bonds. The second-order valence-electron chi connectivity index (χ2n) is 6.45. The minimum atomic E-state index is -3.29. The average Bonchev–Trinajstić information content (AvgIpc) is 3.00. The fourth-order valence-electron chi connectivity index (χ4n) is 3.45. The third-order valence-corrected chi connectivity index (χ3v) is 6.11. The lowest BCUT2D eigenvalue weighted by atomic mass is 10.2. The highest BCUT2D eigenvalue weighted by Gasteiger charge is 2.30. The molecule has 8 heteroatoms. The molecule has 1 aliphatic heterocycles. The quantitative estimate of drug-likeness (QED) is 0.717. The third-order valence-electron chi connectivity index (χ3n) is 4.78. The molecule has 2 aliphatic rings. The summed E-state index contributed by atoms with van der Waals surface area (Å²) in [6.45, 7) is 3.96. The molecule has 0 aromatic rings. The molecule has 0 aromatic heterocycles. The zero-order valence-electron chi connectivity index (χ0n) is 14.0. The van der Waals surface area contributed by atoms with Crippen molar-refractivity contribution in [1.82, 2.24) is 14.1 Å². The van der Waals surface area contributed by atoms with Gasteiger partial charge in [-0.05, 0) is 12.8 Å². The van der Waals surface area contributed by atoms with Crippen molar-refractivity contribution in [2.45, 2.75) is 45.1 Å². The minimum absolute atomic E-state index is 0.0279. The molecule has 1 aliphatic carbocycles. The highest BCUT2D eigenvalue weighted by molar-refractivity contribution is 7.88. The van der Waals surface area contributed by atoms with Gasteiger partial charge in [-0.2, -0.15) is 4.31 Å². The van der Waals surface area contributed by atoms with Gasteiger partial charge in [-0.15, -0.1) is 0 Å². The van der Waals surface area contributed by atoms with Gasteiger partial charge in [-0.1, -0.05) is 12.8 Å². The van der Waals surface area contributed by atoms with Crippen LogP contribution in [0.2, 0.25) is 0 Å². The number of carbonyl (C=O) groups is 2. The average molecular weight is 345 g/mol. The molecule has 7 nitrogen and oxygen atoms in total. The minimum Gasteiger partial charge on any atom is -0.339 e. The molecule has 1 heterocycles. The fourth-order valence-corrected chi connectivity index (χ4v) is 4.62. The van der Waals surface area contributed by atoms with Crippen LogP contribution in [0.25, 0.3) is 0 Å². The normalized spacial score (nSPS) is 20.3. The first-order valence-electron chi connectivity index (χ1n) is 8.29. The van der Waals surface area contributed by atoms with E-state index in [0.717, 1.165) is 25.7 Å². The van der Waals surface area contributed by atoms with Crippen LogP contribution in [0.5, 0.6) is 0 Å². The van der Waals surface area contributed by atoms with Crippen LogP contribution in [0.4, 0.5) is 0 Å². The Balaban J connectivity index is 1.86. The fraction of sp³-hybridized carbons (Fsp3) is 0.867. The van der Waals surface area contributed by atoms with Crippen molar-refractivity contribution >= 4 is 21.8 Å². The van der Waals surface area contributed by atoms with E-state index in [0.29, 0.717) is 26.2 Å². The lowest BCUT2D eigenvalue weighted by Gasteiger charge is -2.35. The molecule has 0 N–H and O–H groups in total. The van der Waals surface area contributed by atoms with Gasteiger partial charge in [-0.3, -0.25) is 9.59 Å². The van der Waals surface area contributed by atoms with Gasteiger partial charge in [0, 0.05) is 52.1 Å². The van der Waals surface area contributed by atoms with E-state index >= 15 is 0 Å². The maximum atomic E-state index is 12.3. The Labute approximate surface area is 138 Å². The van der Waals surface area contributed by atoms with Crippen LogP contribution in [0.1, 0.15) is 39.0 Å². The summed E-state index contributed by atoms with van der Waals surface area (Å²) in [5, 5.41) is 0. The molecule has 2 rings (SSSR count). The molecule has 0 radical (unpaired) electrons. The van der Waals surface area contributed by atoms with Gasteiger partial charge in [0.2, 0.25) is 21.8 Å². The standard InChI is InChI=1S/C15H27N3O4S/c1-13(19)16-9-11-17(12-10-16)15(20)7-8-18(23(2,21)22)14-5-3-4-6-14/h14H,3-12H2,1-2H3. The molecule has 1 saturated carbocycles. The smallest absolute Gasteiger partial charge is 0.224 e. The number of rotatable bonds is 5. The van der Waals surface area contributed by atoms with Crippen LogP contribution < -0.4 is 0 Å². The second kappa shape index (κ2) is 7.61. The zero-order chi connectivity index (χ0) is 17.0. The van der Waals surface area contributed by atoms with E-state index in [9.17, 15) is 18.0 Å². The monoisotopic (exact) mass is 345 g/mol. The van der Waals surface area contributed by atoms with Crippen molar-refractivity contribution in [1.29, 1.82) is 0 Å². The number of sulfonamides is 1. The van der Waals surface area contributed by atoms with E-state index in [-0.39, 0.29) is 30.8 Å². The van der Waals surface area contributed by atoms with Crippen molar-refractivity contribution in [3.8, 4) is 0 Å². The second-order valence-corrected chi connectivity index (χ2v) is 8.38. The van der Waals surface area contributed by atoms with Gasteiger partial charge in [0.1, 0.15) is 0 Å². The summed E-state index contributed by atoms with van der Waals surface area (Å²) in [5.74, 6) is 0.00133. The number of hydrogen-bond acceptors (Lipinski definition) is 4. The van der Waals surface area contributed by atoms with Crippen LogP contribution in [-0.4, -0.2) is 79.4 Å². The Morgan fingerprint density at radius 2 is 1.57 bits per heavy atom. The lowest BCUT2D eigenvalue weighted by molar-refractivity contribution is -0.138. The summed E-state index contributed by atoms with van der Waals surface area (Å²) < 4.78 is 25.5. The first-order valence-corrected chi connectivity index (χ1v) is 10.1. The number of carbonyl (C=O) groups excluding carboxylic acids is 2. The number of amides is 2. The topological polar surface area (TPSA) is 78.0 Å². The predicted molar refractivity (Wildman–Crippen MR) is 87.3 cm³/mol. The number of nitrogens with zero attached hydrogens (tertiary/aromatic N) is 3. The first-order chi connectivity index (χ1) is 10.8. The summed E-state index contributed by atoms with van der Waals surface area (Å²) in [7, 11) is -3.29. The Kier molecular flexibility index (Phi) is 6.02. The van der Waals surface area contributed by atoms with E-state index in [1.807, 2.05) is 0 Å². The van der Waals surface area contributed by atoms with Gasteiger partial charge in [0.15, 0.2) is 0 Å². The van der Waals surface area contributed by atoms with Crippen molar-refractivity contribution in [2.24, 2.45) is 0 Å². The largest absolute Gasteiger partial charge is 0.339 e. The molecule has 2 fully saturated rings. The highest BCUT2D eigenvalue weighted by atomic mass is 32.2. The SMILES string of the molecule is CC(=O)N1CCN(C(=O)CCN(C2CCCC2)S(C)(=O)=O)CC1. The molecule has 1 saturated heterocycles. The van der Waals surface area contributed by atoms with Crippen molar-refractivity contribution < 1.29 is 18.0 Å². The molecule has 0 aromatic carbocycles. The molecule has 0 atom stereocenters. The van der Waals surface area contributed by atoms with Gasteiger partial charge in [0.25, 0.3) is 0 Å². The van der Waals surface area contributed by atoms with Crippen LogP contribution in [0, 0.1) is 0 Å². The van der Waals surface area contributed by atoms with Gasteiger partial charge in [0.05, 0.1) is 6.26 Å². The molecular weight excluding hydrogens is 318 g/mol. The summed E-state index contributed by atoms with van der Waals surface area (Å²) in [5.41, 5.74) is 0. The van der Waals surface area contributed by atoms with Gasteiger partial charge in [-0.25, -0.2) is 8.42 Å². The summed E-state index contributed by atoms with van der Waals surface area (Å²) in [6.07, 6.45) is 5.32. The molecule has 0 unspecified atom stereocenters. The van der Waals surface area contributed by atoms with E-state index in [2.05, 4.69) is 0 Å². The number of piperazine rings is 1. The first kappa shape index (κ1) is 18.2. The zero-order valence-corrected chi connectivity index (χ0v) is 14.8.